The molecule has 0 radical (unpaired) electrons. The summed E-state index contributed by atoms with van der Waals surface area (Å²) in [5.74, 6) is -0.462. The molecule has 0 fully saturated rings. The van der Waals surface area contributed by atoms with Crippen LogP contribution in [0.15, 0.2) is 102 Å². The SMILES string of the molecule is CCOc1ccc(S(=O)(=O)N(CC(=O)N(Cc2ccc(Cl)cc2Cl)[C@@H](Cc2ccccc2)C(=O)NC(C)(C)C)c2ccc(C)cc2)cc1. The van der Waals surface area contributed by atoms with E-state index in [9.17, 15) is 18.0 Å². The standard InChI is InChI=1S/C37H41Cl2N3O5S/c1-6-47-31-18-20-32(21-19-31)48(45,46)42(30-16-12-26(2)13-17-30)25-35(43)41(24-28-14-15-29(38)23-33(28)39)34(36(44)40-37(3,4)5)22-27-10-8-7-9-11-27/h7-21,23,34H,6,22,24-25H2,1-5H3,(H,40,44)/t34-/m0/s1. The third kappa shape index (κ3) is 9.75. The highest BCUT2D eigenvalue weighted by molar-refractivity contribution is 7.92. The second-order valence-electron chi connectivity index (χ2n) is 12.5. The molecule has 2 amide bonds. The van der Waals surface area contributed by atoms with Crippen LogP contribution >= 0.6 is 23.2 Å². The van der Waals surface area contributed by atoms with Crippen molar-refractivity contribution in [3.63, 3.8) is 0 Å². The molecule has 8 nitrogen and oxygen atoms in total. The first-order valence-electron chi connectivity index (χ1n) is 15.6. The van der Waals surface area contributed by atoms with Gasteiger partial charge in [0.25, 0.3) is 10.0 Å². The van der Waals surface area contributed by atoms with Crippen LogP contribution in [-0.4, -0.2) is 49.9 Å². The number of halogens is 2. The molecule has 4 aromatic rings. The maximum atomic E-state index is 14.6. The smallest absolute Gasteiger partial charge is 0.264 e. The predicted octanol–water partition coefficient (Wildman–Crippen LogP) is 7.45. The lowest BCUT2D eigenvalue weighted by atomic mass is 10.0. The van der Waals surface area contributed by atoms with Gasteiger partial charge in [0.2, 0.25) is 11.8 Å². The number of carbonyl (C=O) groups excluding carboxylic acids is 2. The number of hydrogen-bond donors (Lipinski definition) is 1. The van der Waals surface area contributed by atoms with E-state index < -0.39 is 34.1 Å². The van der Waals surface area contributed by atoms with Crippen LogP contribution in [0.3, 0.4) is 0 Å². The molecule has 0 bridgehead atoms. The van der Waals surface area contributed by atoms with E-state index in [-0.39, 0.29) is 23.8 Å². The highest BCUT2D eigenvalue weighted by Crippen LogP contribution is 2.28. The molecule has 0 saturated heterocycles. The van der Waals surface area contributed by atoms with Crippen LogP contribution in [0.5, 0.6) is 5.75 Å². The van der Waals surface area contributed by atoms with E-state index in [4.69, 9.17) is 27.9 Å². The number of nitrogens with zero attached hydrogens (tertiary/aromatic N) is 2. The average molecular weight is 711 g/mol. The molecule has 4 aromatic carbocycles. The molecule has 0 aliphatic rings. The summed E-state index contributed by atoms with van der Waals surface area (Å²) in [4.78, 5) is 30.1. The zero-order valence-corrected chi connectivity index (χ0v) is 30.1. The number of anilines is 1. The molecule has 254 valence electrons. The first kappa shape index (κ1) is 36.8. The molecule has 1 N–H and O–H groups in total. The Hall–Kier alpha value is -4.05. The fourth-order valence-corrected chi connectivity index (χ4v) is 6.96. The van der Waals surface area contributed by atoms with Gasteiger partial charge in [-0.2, -0.15) is 0 Å². The highest BCUT2D eigenvalue weighted by Gasteiger charge is 2.36. The zero-order valence-electron chi connectivity index (χ0n) is 27.7. The maximum Gasteiger partial charge on any atom is 0.264 e. The van der Waals surface area contributed by atoms with Crippen LogP contribution in [0.4, 0.5) is 5.69 Å². The number of rotatable bonds is 13. The van der Waals surface area contributed by atoms with Gasteiger partial charge < -0.3 is 15.0 Å². The van der Waals surface area contributed by atoms with Crippen molar-refractivity contribution in [2.75, 3.05) is 17.5 Å². The fourth-order valence-electron chi connectivity index (χ4n) is 5.08. The number of ether oxygens (including phenoxy) is 1. The summed E-state index contributed by atoms with van der Waals surface area (Å²) in [6.07, 6.45) is 0.176. The van der Waals surface area contributed by atoms with Crippen LogP contribution in [0.2, 0.25) is 10.0 Å². The molecule has 0 saturated carbocycles. The molecule has 1 atom stereocenters. The van der Waals surface area contributed by atoms with Crippen molar-refractivity contribution in [2.24, 2.45) is 0 Å². The summed E-state index contributed by atoms with van der Waals surface area (Å²) in [6.45, 7) is 9.06. The van der Waals surface area contributed by atoms with Gasteiger partial charge in [-0.3, -0.25) is 13.9 Å². The molecule has 0 heterocycles. The normalized spacial score (nSPS) is 12.2. The minimum atomic E-state index is -4.26. The predicted molar refractivity (Wildman–Crippen MR) is 192 cm³/mol. The Morgan fingerprint density at radius 1 is 0.896 bits per heavy atom. The first-order valence-corrected chi connectivity index (χ1v) is 17.8. The van der Waals surface area contributed by atoms with Gasteiger partial charge in [-0.15, -0.1) is 0 Å². The fraction of sp³-hybridized carbons (Fsp3) is 0.297. The Kier molecular flexibility index (Phi) is 12.2. The topological polar surface area (TPSA) is 96.0 Å². The van der Waals surface area contributed by atoms with Gasteiger partial charge in [-0.05, 0) is 94.3 Å². The number of sulfonamides is 1. The molecule has 0 aromatic heterocycles. The quantitative estimate of drug-likeness (QED) is 0.156. The average Bonchev–Trinajstić information content (AvgIpc) is 3.03. The Labute approximate surface area is 293 Å². The van der Waals surface area contributed by atoms with Gasteiger partial charge in [0, 0.05) is 28.5 Å². The number of amides is 2. The van der Waals surface area contributed by atoms with Crippen molar-refractivity contribution >= 4 is 50.7 Å². The minimum Gasteiger partial charge on any atom is -0.494 e. The van der Waals surface area contributed by atoms with E-state index in [1.54, 1.807) is 54.6 Å². The van der Waals surface area contributed by atoms with Gasteiger partial charge in [0.1, 0.15) is 18.3 Å². The molecule has 48 heavy (non-hydrogen) atoms. The van der Waals surface area contributed by atoms with Crippen LogP contribution in [0, 0.1) is 6.92 Å². The third-order valence-corrected chi connectivity index (χ3v) is 9.82. The van der Waals surface area contributed by atoms with Gasteiger partial charge in [0.15, 0.2) is 0 Å². The number of carbonyl (C=O) groups is 2. The lowest BCUT2D eigenvalue weighted by Gasteiger charge is -2.35. The van der Waals surface area contributed by atoms with Crippen molar-refractivity contribution < 1.29 is 22.7 Å². The van der Waals surface area contributed by atoms with Gasteiger partial charge in [0.05, 0.1) is 17.2 Å². The van der Waals surface area contributed by atoms with Crippen molar-refractivity contribution in [2.45, 2.75) is 64.1 Å². The van der Waals surface area contributed by atoms with Crippen molar-refractivity contribution in [1.29, 1.82) is 0 Å². The second kappa shape index (κ2) is 15.9. The van der Waals surface area contributed by atoms with Crippen molar-refractivity contribution in [3.8, 4) is 5.75 Å². The molecule has 0 spiro atoms. The molecule has 0 unspecified atom stereocenters. The van der Waals surface area contributed by atoms with E-state index in [1.165, 1.54) is 17.0 Å². The van der Waals surface area contributed by atoms with Crippen LogP contribution in [0.25, 0.3) is 0 Å². The summed E-state index contributed by atoms with van der Waals surface area (Å²) in [5, 5.41) is 3.75. The highest BCUT2D eigenvalue weighted by atomic mass is 35.5. The Bertz CT molecular complexity index is 1810. The summed E-state index contributed by atoms with van der Waals surface area (Å²) in [5.41, 5.74) is 1.98. The summed E-state index contributed by atoms with van der Waals surface area (Å²) < 4.78 is 35.1. The van der Waals surface area contributed by atoms with Crippen molar-refractivity contribution in [1.82, 2.24) is 10.2 Å². The molecule has 0 aliphatic heterocycles. The molecular formula is C37H41Cl2N3O5S. The van der Waals surface area contributed by atoms with E-state index in [0.29, 0.717) is 33.7 Å². The summed E-state index contributed by atoms with van der Waals surface area (Å²) in [7, 11) is -4.26. The number of benzene rings is 4. The number of aryl methyl sites for hydroxylation is 1. The maximum absolute atomic E-state index is 14.6. The van der Waals surface area contributed by atoms with Crippen LogP contribution < -0.4 is 14.4 Å². The molecule has 0 aliphatic carbocycles. The summed E-state index contributed by atoms with van der Waals surface area (Å²) in [6, 6.07) is 26.2. The second-order valence-corrected chi connectivity index (χ2v) is 15.2. The minimum absolute atomic E-state index is 0.0158. The lowest BCUT2D eigenvalue weighted by Crippen LogP contribution is -2.56. The first-order chi connectivity index (χ1) is 22.7. The lowest BCUT2D eigenvalue weighted by molar-refractivity contribution is -0.140. The largest absolute Gasteiger partial charge is 0.494 e. The van der Waals surface area contributed by atoms with Crippen LogP contribution in [0.1, 0.15) is 44.4 Å². The van der Waals surface area contributed by atoms with Gasteiger partial charge in [-0.25, -0.2) is 8.42 Å². The monoisotopic (exact) mass is 709 g/mol. The number of hydrogen-bond acceptors (Lipinski definition) is 5. The zero-order chi connectivity index (χ0) is 35.1. The molecular weight excluding hydrogens is 669 g/mol. The van der Waals surface area contributed by atoms with Gasteiger partial charge in [-0.1, -0.05) is 77.3 Å². The molecule has 11 heteroatoms. The molecule has 4 rings (SSSR count). The van der Waals surface area contributed by atoms with Crippen LogP contribution in [-0.2, 0) is 32.6 Å². The van der Waals surface area contributed by atoms with E-state index in [2.05, 4.69) is 5.32 Å². The van der Waals surface area contributed by atoms with E-state index >= 15 is 0 Å². The number of nitrogens with one attached hydrogen (secondary N) is 1. The van der Waals surface area contributed by atoms with E-state index in [1.807, 2.05) is 65.0 Å². The Morgan fingerprint density at radius 3 is 2.12 bits per heavy atom. The third-order valence-electron chi connectivity index (χ3n) is 7.45. The Morgan fingerprint density at radius 2 is 1.54 bits per heavy atom. The van der Waals surface area contributed by atoms with Crippen molar-refractivity contribution in [3.05, 3.63) is 124 Å². The summed E-state index contributed by atoms with van der Waals surface area (Å²) >= 11 is 12.8. The van der Waals surface area contributed by atoms with E-state index in [0.717, 1.165) is 15.4 Å². The Balaban J connectivity index is 1.82. The van der Waals surface area contributed by atoms with Gasteiger partial charge >= 0.3 is 0 Å².